The molecule has 1 aromatic carbocycles. The summed E-state index contributed by atoms with van der Waals surface area (Å²) in [4.78, 5) is 0. The predicted octanol–water partition coefficient (Wildman–Crippen LogP) is 2.39. The summed E-state index contributed by atoms with van der Waals surface area (Å²) in [5, 5.41) is 0. The van der Waals surface area contributed by atoms with Gasteiger partial charge in [-0.2, -0.15) is 0 Å². The molecule has 0 radical (unpaired) electrons. The van der Waals surface area contributed by atoms with Crippen LogP contribution in [0.3, 0.4) is 0 Å². The van der Waals surface area contributed by atoms with Gasteiger partial charge in [-0.05, 0) is 17.7 Å². The van der Waals surface area contributed by atoms with Crippen LogP contribution >= 0.6 is 12.4 Å². The molecule has 0 bridgehead atoms. The van der Waals surface area contributed by atoms with E-state index in [1.807, 2.05) is 0 Å². The molecule has 0 aromatic heterocycles. The van der Waals surface area contributed by atoms with E-state index in [0.717, 1.165) is 5.56 Å². The maximum atomic E-state index is 12.3. The molecule has 78 valence electrons. The molecule has 0 aliphatic rings. The molecule has 0 saturated carbocycles. The second-order valence-electron chi connectivity index (χ2n) is 2.57. The number of hydrogen-bond donors (Lipinski definition) is 1. The number of halogens is 2. The lowest BCUT2D eigenvalue weighted by molar-refractivity contribution is 0.414. The molecule has 0 fully saturated rings. The molecule has 14 heavy (non-hydrogen) atoms. The molecule has 1 aromatic rings. The number of rotatable bonds is 3. The Bertz CT molecular complexity index is 315. The van der Waals surface area contributed by atoms with Gasteiger partial charge in [0.05, 0.1) is 13.4 Å². The Hall–Kier alpha value is -1.06. The molecular weight excluding hydrogens is 205 g/mol. The van der Waals surface area contributed by atoms with Gasteiger partial charge in [-0.3, -0.25) is 0 Å². The number of hydrogen-bond acceptors (Lipinski definition) is 2. The minimum absolute atomic E-state index is 0. The molecule has 0 aliphatic carbocycles. The van der Waals surface area contributed by atoms with Gasteiger partial charge >= 0.3 is 0 Å². The molecule has 0 saturated heterocycles. The van der Waals surface area contributed by atoms with E-state index < -0.39 is 0 Å². The lowest BCUT2D eigenvalue weighted by Gasteiger charge is -2.04. The van der Waals surface area contributed by atoms with Gasteiger partial charge in [-0.15, -0.1) is 12.4 Å². The fourth-order valence-electron chi connectivity index (χ4n) is 1.05. The van der Waals surface area contributed by atoms with E-state index in [1.165, 1.54) is 0 Å². The summed E-state index contributed by atoms with van der Waals surface area (Å²) in [5.74, 6) is 0.699. The monoisotopic (exact) mass is 217 g/mol. The van der Waals surface area contributed by atoms with E-state index in [2.05, 4.69) is 0 Å². The summed E-state index contributed by atoms with van der Waals surface area (Å²) in [6.45, 7) is 0.184. The van der Waals surface area contributed by atoms with Gasteiger partial charge in [-0.25, -0.2) is 4.39 Å². The molecule has 2 N–H and O–H groups in total. The summed E-state index contributed by atoms with van der Waals surface area (Å²) in [6.07, 6.45) is 0.523. The first-order valence-corrected chi connectivity index (χ1v) is 3.95. The molecule has 0 spiro atoms. The highest BCUT2D eigenvalue weighted by Crippen LogP contribution is 2.19. The second-order valence-corrected chi connectivity index (χ2v) is 2.57. The summed E-state index contributed by atoms with van der Waals surface area (Å²) in [5.41, 5.74) is 6.58. The number of methoxy groups -OCH3 is 1. The van der Waals surface area contributed by atoms with E-state index in [4.69, 9.17) is 10.5 Å². The fraction of sp³-hybridized carbons (Fsp3) is 0.200. The van der Waals surface area contributed by atoms with Crippen LogP contribution in [0.5, 0.6) is 5.75 Å². The predicted molar refractivity (Wildman–Crippen MR) is 58.4 cm³/mol. The Labute approximate surface area is 89.0 Å². The van der Waals surface area contributed by atoms with Crippen molar-refractivity contribution in [2.45, 2.75) is 0 Å². The minimum atomic E-state index is 0. The van der Waals surface area contributed by atoms with Crippen molar-refractivity contribution in [1.29, 1.82) is 0 Å². The molecule has 0 unspecified atom stereocenters. The average Bonchev–Trinajstić information content (AvgIpc) is 2.20. The third-order valence-corrected chi connectivity index (χ3v) is 1.79. The SMILES string of the molecule is COc1cccc(/C(=C\F)CN)c1.Cl. The zero-order valence-corrected chi connectivity index (χ0v) is 8.68. The quantitative estimate of drug-likeness (QED) is 0.844. The normalized spacial score (nSPS) is 10.6. The molecular formula is C10H13ClFNO. The van der Waals surface area contributed by atoms with Crippen molar-refractivity contribution in [2.75, 3.05) is 13.7 Å². The largest absolute Gasteiger partial charge is 0.497 e. The lowest BCUT2D eigenvalue weighted by Crippen LogP contribution is -2.01. The van der Waals surface area contributed by atoms with Crippen molar-refractivity contribution < 1.29 is 9.13 Å². The molecule has 4 heteroatoms. The summed E-state index contributed by atoms with van der Waals surface area (Å²) < 4.78 is 17.3. The second kappa shape index (κ2) is 6.40. The van der Waals surface area contributed by atoms with E-state index in [-0.39, 0.29) is 19.0 Å². The van der Waals surface area contributed by atoms with E-state index >= 15 is 0 Å². The Morgan fingerprint density at radius 2 is 2.29 bits per heavy atom. The third-order valence-electron chi connectivity index (χ3n) is 1.79. The number of ether oxygens (including phenoxy) is 1. The highest BCUT2D eigenvalue weighted by molar-refractivity contribution is 5.85. The van der Waals surface area contributed by atoms with Crippen LogP contribution in [0.25, 0.3) is 5.57 Å². The summed E-state index contributed by atoms with van der Waals surface area (Å²) in [7, 11) is 1.57. The van der Waals surface area contributed by atoms with E-state index in [0.29, 0.717) is 17.7 Å². The highest BCUT2D eigenvalue weighted by atomic mass is 35.5. The van der Waals surface area contributed by atoms with Crippen LogP contribution in [0, 0.1) is 0 Å². The maximum absolute atomic E-state index is 12.3. The van der Waals surface area contributed by atoms with Crippen LogP contribution in [0.4, 0.5) is 4.39 Å². The standard InChI is InChI=1S/C10H12FNO.ClH/c1-13-10-4-2-3-8(5-10)9(6-11)7-12;/h2-6H,7,12H2,1H3;1H/b9-6-;. The fourth-order valence-corrected chi connectivity index (χ4v) is 1.05. The number of benzene rings is 1. The van der Waals surface area contributed by atoms with Gasteiger partial charge in [0.15, 0.2) is 0 Å². The van der Waals surface area contributed by atoms with Gasteiger partial charge in [0, 0.05) is 12.1 Å². The molecule has 0 atom stereocenters. The van der Waals surface area contributed by atoms with Gasteiger partial charge in [0.2, 0.25) is 0 Å². The van der Waals surface area contributed by atoms with Crippen LogP contribution in [0.15, 0.2) is 30.6 Å². The van der Waals surface area contributed by atoms with Crippen LogP contribution in [0.1, 0.15) is 5.56 Å². The third kappa shape index (κ3) is 3.01. The Balaban J connectivity index is 0.00000169. The van der Waals surface area contributed by atoms with Gasteiger partial charge in [-0.1, -0.05) is 12.1 Å². The Morgan fingerprint density at radius 1 is 1.57 bits per heavy atom. The first-order chi connectivity index (χ1) is 6.31. The van der Waals surface area contributed by atoms with Crippen LogP contribution in [-0.2, 0) is 0 Å². The Morgan fingerprint density at radius 3 is 2.79 bits per heavy atom. The van der Waals surface area contributed by atoms with Crippen LogP contribution < -0.4 is 10.5 Å². The smallest absolute Gasteiger partial charge is 0.119 e. The summed E-state index contributed by atoms with van der Waals surface area (Å²) >= 11 is 0. The first-order valence-electron chi connectivity index (χ1n) is 3.95. The van der Waals surface area contributed by atoms with Crippen molar-refractivity contribution in [2.24, 2.45) is 5.73 Å². The average molecular weight is 218 g/mol. The number of nitrogens with two attached hydrogens (primary N) is 1. The molecule has 0 heterocycles. The first kappa shape index (κ1) is 12.9. The van der Waals surface area contributed by atoms with E-state index in [1.54, 1.807) is 31.4 Å². The maximum Gasteiger partial charge on any atom is 0.119 e. The van der Waals surface area contributed by atoms with Crippen LogP contribution in [0.2, 0.25) is 0 Å². The van der Waals surface area contributed by atoms with Crippen molar-refractivity contribution in [3.63, 3.8) is 0 Å². The molecule has 1 rings (SSSR count). The van der Waals surface area contributed by atoms with Gasteiger partial charge < -0.3 is 10.5 Å². The van der Waals surface area contributed by atoms with E-state index in [9.17, 15) is 4.39 Å². The van der Waals surface area contributed by atoms with Crippen LogP contribution in [-0.4, -0.2) is 13.7 Å². The highest BCUT2D eigenvalue weighted by Gasteiger charge is 2.00. The minimum Gasteiger partial charge on any atom is -0.497 e. The van der Waals surface area contributed by atoms with Crippen molar-refractivity contribution in [3.05, 3.63) is 36.2 Å². The summed E-state index contributed by atoms with van der Waals surface area (Å²) in [6, 6.07) is 7.14. The Kier molecular flexibility index (Phi) is 5.92. The molecule has 2 nitrogen and oxygen atoms in total. The van der Waals surface area contributed by atoms with Crippen molar-refractivity contribution in [1.82, 2.24) is 0 Å². The van der Waals surface area contributed by atoms with Crippen molar-refractivity contribution >= 4 is 18.0 Å². The zero-order valence-electron chi connectivity index (χ0n) is 7.87. The van der Waals surface area contributed by atoms with Crippen molar-refractivity contribution in [3.8, 4) is 5.75 Å². The zero-order chi connectivity index (χ0) is 9.68. The van der Waals surface area contributed by atoms with Gasteiger partial charge in [0.25, 0.3) is 0 Å². The molecule has 0 amide bonds. The topological polar surface area (TPSA) is 35.2 Å². The molecule has 0 aliphatic heterocycles. The lowest BCUT2D eigenvalue weighted by atomic mass is 10.1. The van der Waals surface area contributed by atoms with Gasteiger partial charge in [0.1, 0.15) is 5.75 Å².